The van der Waals surface area contributed by atoms with E-state index in [1.165, 1.54) is 10.4 Å². The Morgan fingerprint density at radius 3 is 2.84 bits per heavy atom. The molecule has 2 rings (SSSR count). The van der Waals surface area contributed by atoms with Gasteiger partial charge in [0.15, 0.2) is 0 Å². The highest BCUT2D eigenvalue weighted by atomic mass is 32.1. The SMILES string of the molecule is COc1ccccc1CC(C)NCc1cnc(C)s1. The number of hydrogen-bond donors (Lipinski definition) is 1. The van der Waals surface area contributed by atoms with Crippen molar-refractivity contribution in [3.05, 3.63) is 45.9 Å². The predicted molar refractivity (Wildman–Crippen MR) is 79.9 cm³/mol. The first-order chi connectivity index (χ1) is 9.19. The number of nitrogens with one attached hydrogen (secondary N) is 1. The van der Waals surface area contributed by atoms with Crippen LogP contribution in [0.25, 0.3) is 0 Å². The van der Waals surface area contributed by atoms with Crippen molar-refractivity contribution >= 4 is 11.3 Å². The van der Waals surface area contributed by atoms with Crippen LogP contribution >= 0.6 is 11.3 Å². The molecule has 1 aromatic heterocycles. The third-order valence-electron chi connectivity index (χ3n) is 3.01. The van der Waals surface area contributed by atoms with E-state index in [9.17, 15) is 0 Å². The van der Waals surface area contributed by atoms with Gasteiger partial charge in [-0.3, -0.25) is 0 Å². The maximum Gasteiger partial charge on any atom is 0.122 e. The normalized spacial score (nSPS) is 12.4. The summed E-state index contributed by atoms with van der Waals surface area (Å²) in [4.78, 5) is 5.55. The number of aryl methyl sites for hydroxylation is 1. The lowest BCUT2D eigenvalue weighted by Crippen LogP contribution is -2.27. The molecule has 0 spiro atoms. The van der Waals surface area contributed by atoms with Crippen LogP contribution in [0.3, 0.4) is 0 Å². The third kappa shape index (κ3) is 4.04. The van der Waals surface area contributed by atoms with Crippen LogP contribution in [0.1, 0.15) is 22.4 Å². The van der Waals surface area contributed by atoms with E-state index in [-0.39, 0.29) is 0 Å². The summed E-state index contributed by atoms with van der Waals surface area (Å²) in [6.45, 7) is 5.11. The molecule has 2 aromatic rings. The fourth-order valence-corrected chi connectivity index (χ4v) is 2.78. The first kappa shape index (κ1) is 14.0. The largest absolute Gasteiger partial charge is 0.496 e. The van der Waals surface area contributed by atoms with Gasteiger partial charge in [-0.15, -0.1) is 11.3 Å². The van der Waals surface area contributed by atoms with Crippen molar-refractivity contribution in [1.29, 1.82) is 0 Å². The molecule has 0 aliphatic heterocycles. The number of rotatable bonds is 6. The summed E-state index contributed by atoms with van der Waals surface area (Å²) < 4.78 is 5.38. The van der Waals surface area contributed by atoms with Crippen LogP contribution in [0.4, 0.5) is 0 Å². The maximum absolute atomic E-state index is 5.38. The van der Waals surface area contributed by atoms with Gasteiger partial charge in [0.25, 0.3) is 0 Å². The second kappa shape index (κ2) is 6.68. The van der Waals surface area contributed by atoms with Gasteiger partial charge in [0, 0.05) is 23.7 Å². The number of methoxy groups -OCH3 is 1. The van der Waals surface area contributed by atoms with Gasteiger partial charge in [0.1, 0.15) is 5.75 Å². The molecule has 1 unspecified atom stereocenters. The number of nitrogens with zero attached hydrogens (tertiary/aromatic N) is 1. The molecule has 1 atom stereocenters. The Balaban J connectivity index is 1.88. The molecule has 3 nitrogen and oxygen atoms in total. The second-order valence-electron chi connectivity index (χ2n) is 4.64. The number of thiazole rings is 1. The van der Waals surface area contributed by atoms with Gasteiger partial charge in [-0.1, -0.05) is 18.2 Å². The molecule has 0 aliphatic rings. The summed E-state index contributed by atoms with van der Waals surface area (Å²) in [6.07, 6.45) is 2.91. The Morgan fingerprint density at radius 1 is 1.37 bits per heavy atom. The van der Waals surface area contributed by atoms with Crippen LogP contribution in [-0.4, -0.2) is 18.1 Å². The minimum absolute atomic E-state index is 0.402. The molecule has 0 aliphatic carbocycles. The number of aromatic nitrogens is 1. The molecule has 0 bridgehead atoms. The zero-order chi connectivity index (χ0) is 13.7. The average molecular weight is 276 g/mol. The lowest BCUT2D eigenvalue weighted by atomic mass is 10.1. The van der Waals surface area contributed by atoms with E-state index in [0.717, 1.165) is 23.7 Å². The van der Waals surface area contributed by atoms with E-state index >= 15 is 0 Å². The van der Waals surface area contributed by atoms with E-state index in [4.69, 9.17) is 4.74 Å². The van der Waals surface area contributed by atoms with Crippen LogP contribution in [0.2, 0.25) is 0 Å². The number of ether oxygens (including phenoxy) is 1. The minimum atomic E-state index is 0.402. The summed E-state index contributed by atoms with van der Waals surface area (Å²) >= 11 is 1.75. The standard InChI is InChI=1S/C15H20N2OS/c1-11(16-9-14-10-17-12(2)19-14)8-13-6-4-5-7-15(13)18-3/h4-7,10-11,16H,8-9H2,1-3H3. The molecular weight excluding hydrogens is 256 g/mol. The molecule has 0 amide bonds. The Kier molecular flexibility index (Phi) is 4.93. The van der Waals surface area contributed by atoms with Gasteiger partial charge >= 0.3 is 0 Å². The fraction of sp³-hybridized carbons (Fsp3) is 0.400. The first-order valence-electron chi connectivity index (χ1n) is 6.45. The summed E-state index contributed by atoms with van der Waals surface area (Å²) in [7, 11) is 1.72. The fourth-order valence-electron chi connectivity index (χ4n) is 2.04. The van der Waals surface area contributed by atoms with Crippen molar-refractivity contribution in [1.82, 2.24) is 10.3 Å². The molecule has 0 fully saturated rings. The molecule has 0 saturated carbocycles. The van der Waals surface area contributed by atoms with Gasteiger partial charge in [0.05, 0.1) is 12.1 Å². The summed E-state index contributed by atoms with van der Waals surface area (Å²) in [6, 6.07) is 8.58. The molecule has 19 heavy (non-hydrogen) atoms. The lowest BCUT2D eigenvalue weighted by molar-refractivity contribution is 0.406. The van der Waals surface area contributed by atoms with Crippen molar-refractivity contribution < 1.29 is 4.74 Å². The van der Waals surface area contributed by atoms with Crippen LogP contribution in [-0.2, 0) is 13.0 Å². The van der Waals surface area contributed by atoms with Crippen molar-refractivity contribution in [2.45, 2.75) is 32.9 Å². The average Bonchev–Trinajstić information content (AvgIpc) is 2.83. The highest BCUT2D eigenvalue weighted by Crippen LogP contribution is 2.19. The van der Waals surface area contributed by atoms with Gasteiger partial charge in [0.2, 0.25) is 0 Å². The van der Waals surface area contributed by atoms with Crippen molar-refractivity contribution in [3.63, 3.8) is 0 Å². The second-order valence-corrected chi connectivity index (χ2v) is 5.96. The first-order valence-corrected chi connectivity index (χ1v) is 7.27. The van der Waals surface area contributed by atoms with Gasteiger partial charge in [-0.25, -0.2) is 4.98 Å². The topological polar surface area (TPSA) is 34.1 Å². The predicted octanol–water partition coefficient (Wildman–Crippen LogP) is 3.18. The van der Waals surface area contributed by atoms with E-state index in [0.29, 0.717) is 6.04 Å². The molecule has 102 valence electrons. The zero-order valence-electron chi connectivity index (χ0n) is 11.6. The van der Waals surface area contributed by atoms with Crippen LogP contribution < -0.4 is 10.1 Å². The number of benzene rings is 1. The van der Waals surface area contributed by atoms with Crippen LogP contribution in [0.5, 0.6) is 5.75 Å². The molecule has 1 N–H and O–H groups in total. The van der Waals surface area contributed by atoms with Crippen LogP contribution in [0.15, 0.2) is 30.5 Å². The van der Waals surface area contributed by atoms with E-state index in [1.54, 1.807) is 18.4 Å². The highest BCUT2D eigenvalue weighted by molar-refractivity contribution is 7.11. The molecule has 4 heteroatoms. The van der Waals surface area contributed by atoms with Gasteiger partial charge in [-0.2, -0.15) is 0 Å². The molecule has 1 aromatic carbocycles. The molecular formula is C15H20N2OS. The quantitative estimate of drug-likeness (QED) is 0.880. The monoisotopic (exact) mass is 276 g/mol. The Bertz CT molecular complexity index is 524. The van der Waals surface area contributed by atoms with E-state index < -0.39 is 0 Å². The number of para-hydroxylation sites is 1. The lowest BCUT2D eigenvalue weighted by Gasteiger charge is -2.15. The molecule has 0 saturated heterocycles. The third-order valence-corrected chi connectivity index (χ3v) is 3.93. The smallest absolute Gasteiger partial charge is 0.122 e. The molecule has 1 heterocycles. The van der Waals surface area contributed by atoms with Crippen molar-refractivity contribution in [3.8, 4) is 5.75 Å². The highest BCUT2D eigenvalue weighted by Gasteiger charge is 2.08. The van der Waals surface area contributed by atoms with Gasteiger partial charge in [-0.05, 0) is 31.9 Å². The Morgan fingerprint density at radius 2 is 2.16 bits per heavy atom. The van der Waals surface area contributed by atoms with E-state index in [2.05, 4.69) is 29.4 Å². The van der Waals surface area contributed by atoms with Crippen molar-refractivity contribution in [2.75, 3.05) is 7.11 Å². The summed E-state index contributed by atoms with van der Waals surface area (Å²) in [5.74, 6) is 0.963. The van der Waals surface area contributed by atoms with Crippen molar-refractivity contribution in [2.24, 2.45) is 0 Å². The molecule has 0 radical (unpaired) electrons. The minimum Gasteiger partial charge on any atom is -0.496 e. The Labute approximate surface area is 118 Å². The summed E-state index contributed by atoms with van der Waals surface area (Å²) in [5.41, 5.74) is 1.24. The zero-order valence-corrected chi connectivity index (χ0v) is 12.5. The van der Waals surface area contributed by atoms with Gasteiger partial charge < -0.3 is 10.1 Å². The maximum atomic E-state index is 5.38. The number of hydrogen-bond acceptors (Lipinski definition) is 4. The summed E-state index contributed by atoms with van der Waals surface area (Å²) in [5, 5.41) is 4.65. The van der Waals surface area contributed by atoms with E-state index in [1.807, 2.05) is 25.3 Å². The van der Waals surface area contributed by atoms with Crippen LogP contribution in [0, 0.1) is 6.92 Å². The Hall–Kier alpha value is -1.39.